The predicted octanol–water partition coefficient (Wildman–Crippen LogP) is 5.69. The van der Waals surface area contributed by atoms with Crippen LogP contribution in [-0.2, 0) is 0 Å². The van der Waals surface area contributed by atoms with E-state index >= 15 is 0 Å². The van der Waals surface area contributed by atoms with E-state index in [-0.39, 0.29) is 0 Å². The van der Waals surface area contributed by atoms with Crippen molar-refractivity contribution in [2.24, 2.45) is 23.7 Å². The molecular formula is C16H32. The van der Waals surface area contributed by atoms with Crippen molar-refractivity contribution in [3.63, 3.8) is 0 Å². The van der Waals surface area contributed by atoms with Gasteiger partial charge in [-0.05, 0) is 49.9 Å². The number of allylic oxidation sites excluding steroid dienone is 1. The van der Waals surface area contributed by atoms with Crippen LogP contribution in [0.15, 0.2) is 12.2 Å². The first kappa shape index (κ1) is 15.7. The average molecular weight is 224 g/mol. The van der Waals surface area contributed by atoms with Gasteiger partial charge in [-0.15, -0.1) is 6.58 Å². The molecule has 0 saturated heterocycles. The van der Waals surface area contributed by atoms with E-state index in [2.05, 4.69) is 48.1 Å². The topological polar surface area (TPSA) is 0 Å². The summed E-state index contributed by atoms with van der Waals surface area (Å²) in [5, 5.41) is 0. The minimum Gasteiger partial charge on any atom is -0.100 e. The highest BCUT2D eigenvalue weighted by Crippen LogP contribution is 2.31. The van der Waals surface area contributed by atoms with Gasteiger partial charge in [-0.25, -0.2) is 0 Å². The third-order valence-electron chi connectivity index (χ3n) is 3.96. The first-order valence-corrected chi connectivity index (χ1v) is 7.02. The number of hydrogen-bond donors (Lipinski definition) is 0. The van der Waals surface area contributed by atoms with Gasteiger partial charge in [0.2, 0.25) is 0 Å². The summed E-state index contributed by atoms with van der Waals surface area (Å²) in [5.41, 5.74) is 1.33. The first-order chi connectivity index (χ1) is 7.38. The molecule has 0 saturated carbocycles. The van der Waals surface area contributed by atoms with E-state index < -0.39 is 0 Å². The lowest BCUT2D eigenvalue weighted by Crippen LogP contribution is -2.20. The van der Waals surface area contributed by atoms with E-state index in [0.717, 1.165) is 23.7 Å². The van der Waals surface area contributed by atoms with Crippen LogP contribution >= 0.6 is 0 Å². The van der Waals surface area contributed by atoms with Crippen LogP contribution in [0, 0.1) is 23.7 Å². The zero-order valence-electron chi connectivity index (χ0n) is 12.3. The fourth-order valence-corrected chi connectivity index (χ4v) is 2.66. The molecule has 0 spiro atoms. The maximum atomic E-state index is 4.02. The van der Waals surface area contributed by atoms with Crippen LogP contribution < -0.4 is 0 Å². The van der Waals surface area contributed by atoms with Crippen molar-refractivity contribution < 1.29 is 0 Å². The molecule has 0 aliphatic carbocycles. The van der Waals surface area contributed by atoms with E-state index in [1.807, 2.05) is 0 Å². The Morgan fingerprint density at radius 1 is 1.12 bits per heavy atom. The summed E-state index contributed by atoms with van der Waals surface area (Å²) in [7, 11) is 0. The Hall–Kier alpha value is -0.260. The third-order valence-corrected chi connectivity index (χ3v) is 3.96. The zero-order valence-corrected chi connectivity index (χ0v) is 12.3. The minimum atomic E-state index is 0.804. The molecule has 0 radical (unpaired) electrons. The van der Waals surface area contributed by atoms with Gasteiger partial charge in [0, 0.05) is 0 Å². The molecule has 0 rings (SSSR count). The molecular weight excluding hydrogens is 192 g/mol. The van der Waals surface area contributed by atoms with Crippen LogP contribution in [0.3, 0.4) is 0 Å². The molecule has 0 aromatic carbocycles. The third kappa shape index (κ3) is 6.35. The van der Waals surface area contributed by atoms with Gasteiger partial charge >= 0.3 is 0 Å². The van der Waals surface area contributed by atoms with Crippen LogP contribution in [0.2, 0.25) is 0 Å². The van der Waals surface area contributed by atoms with Crippen molar-refractivity contribution in [3.8, 4) is 0 Å². The van der Waals surface area contributed by atoms with Crippen LogP contribution in [0.4, 0.5) is 0 Å². The smallest absolute Gasteiger partial charge is 0.0323 e. The lowest BCUT2D eigenvalue weighted by Gasteiger charge is -2.29. The summed E-state index contributed by atoms with van der Waals surface area (Å²) in [6.07, 6.45) is 5.23. The number of rotatable bonds is 8. The second-order valence-electron chi connectivity index (χ2n) is 6.13. The molecule has 0 aromatic rings. The molecule has 0 aliphatic rings. The van der Waals surface area contributed by atoms with Crippen molar-refractivity contribution in [1.82, 2.24) is 0 Å². The van der Waals surface area contributed by atoms with Crippen molar-refractivity contribution >= 4 is 0 Å². The van der Waals surface area contributed by atoms with Crippen LogP contribution in [0.5, 0.6) is 0 Å². The van der Waals surface area contributed by atoms with Gasteiger partial charge in [-0.1, -0.05) is 46.6 Å². The monoisotopic (exact) mass is 224 g/mol. The normalized spacial score (nSPS) is 17.2. The molecule has 0 fully saturated rings. The van der Waals surface area contributed by atoms with Gasteiger partial charge in [-0.3, -0.25) is 0 Å². The Kier molecular flexibility index (Phi) is 7.80. The van der Waals surface area contributed by atoms with Crippen LogP contribution in [-0.4, -0.2) is 0 Å². The highest BCUT2D eigenvalue weighted by atomic mass is 14.3. The Bertz CT molecular complexity index is 190. The Balaban J connectivity index is 4.23. The first-order valence-electron chi connectivity index (χ1n) is 7.02. The second kappa shape index (κ2) is 7.92. The molecule has 3 unspecified atom stereocenters. The second-order valence-corrected chi connectivity index (χ2v) is 6.13. The SMILES string of the molecule is C=C(C)CCC(C(C)C)C(C)CC(C)CC. The Labute approximate surface area is 104 Å². The molecule has 16 heavy (non-hydrogen) atoms. The minimum absolute atomic E-state index is 0.804. The summed E-state index contributed by atoms with van der Waals surface area (Å²) in [6.45, 7) is 18.0. The lowest BCUT2D eigenvalue weighted by molar-refractivity contribution is 0.217. The highest BCUT2D eigenvalue weighted by molar-refractivity contribution is 4.89. The predicted molar refractivity (Wildman–Crippen MR) is 75.6 cm³/mol. The fourth-order valence-electron chi connectivity index (χ4n) is 2.66. The largest absolute Gasteiger partial charge is 0.100 e. The standard InChI is InChI=1S/C16H32/c1-8-14(6)11-15(7)16(13(4)5)10-9-12(2)3/h13-16H,2,8-11H2,1,3-7H3. The molecule has 0 nitrogen and oxygen atoms in total. The average Bonchev–Trinajstić information content (AvgIpc) is 2.16. The quantitative estimate of drug-likeness (QED) is 0.465. The summed E-state index contributed by atoms with van der Waals surface area (Å²) in [6, 6.07) is 0. The van der Waals surface area contributed by atoms with Gasteiger partial charge in [0.05, 0.1) is 0 Å². The fraction of sp³-hybridized carbons (Fsp3) is 0.875. The summed E-state index contributed by atoms with van der Waals surface area (Å²) >= 11 is 0. The molecule has 0 heterocycles. The van der Waals surface area contributed by atoms with E-state index in [1.165, 1.54) is 31.3 Å². The van der Waals surface area contributed by atoms with Gasteiger partial charge in [0.1, 0.15) is 0 Å². The van der Waals surface area contributed by atoms with Crippen molar-refractivity contribution in [1.29, 1.82) is 0 Å². The Morgan fingerprint density at radius 3 is 2.06 bits per heavy atom. The van der Waals surface area contributed by atoms with E-state index in [0.29, 0.717) is 0 Å². The Morgan fingerprint density at radius 2 is 1.69 bits per heavy atom. The molecule has 0 heteroatoms. The molecule has 0 aliphatic heterocycles. The van der Waals surface area contributed by atoms with Crippen molar-refractivity contribution in [3.05, 3.63) is 12.2 Å². The van der Waals surface area contributed by atoms with Gasteiger partial charge < -0.3 is 0 Å². The van der Waals surface area contributed by atoms with Gasteiger partial charge in [0.25, 0.3) is 0 Å². The molecule has 0 aromatic heterocycles. The van der Waals surface area contributed by atoms with Crippen molar-refractivity contribution in [2.45, 2.75) is 67.2 Å². The number of hydrogen-bond acceptors (Lipinski definition) is 0. The maximum absolute atomic E-state index is 4.02. The molecule has 0 N–H and O–H groups in total. The van der Waals surface area contributed by atoms with Crippen LogP contribution in [0.25, 0.3) is 0 Å². The van der Waals surface area contributed by atoms with E-state index in [9.17, 15) is 0 Å². The van der Waals surface area contributed by atoms with Crippen molar-refractivity contribution in [2.75, 3.05) is 0 Å². The molecule has 0 bridgehead atoms. The lowest BCUT2D eigenvalue weighted by atomic mass is 9.76. The highest BCUT2D eigenvalue weighted by Gasteiger charge is 2.21. The van der Waals surface area contributed by atoms with Gasteiger partial charge in [-0.2, -0.15) is 0 Å². The van der Waals surface area contributed by atoms with Gasteiger partial charge in [0.15, 0.2) is 0 Å². The zero-order chi connectivity index (χ0) is 12.7. The summed E-state index contributed by atoms with van der Waals surface area (Å²) in [4.78, 5) is 0. The summed E-state index contributed by atoms with van der Waals surface area (Å²) in [5.74, 6) is 3.40. The van der Waals surface area contributed by atoms with E-state index in [1.54, 1.807) is 0 Å². The summed E-state index contributed by atoms with van der Waals surface area (Å²) < 4.78 is 0. The maximum Gasteiger partial charge on any atom is -0.0323 e. The van der Waals surface area contributed by atoms with E-state index in [4.69, 9.17) is 0 Å². The van der Waals surface area contributed by atoms with Crippen LogP contribution in [0.1, 0.15) is 67.2 Å². The molecule has 3 atom stereocenters. The molecule has 0 amide bonds. The molecule has 96 valence electrons.